The molecule has 1 N–H and O–H groups in total. The minimum Gasteiger partial charge on any atom is -0.384 e. The summed E-state index contributed by atoms with van der Waals surface area (Å²) in [7, 11) is 1.93. The van der Waals surface area contributed by atoms with E-state index in [1.54, 1.807) is 18.1 Å². The number of aliphatic hydroxyl groups excluding tert-OH is 1. The first-order valence-corrected chi connectivity index (χ1v) is 6.43. The van der Waals surface area contributed by atoms with Crippen molar-refractivity contribution in [2.24, 2.45) is 7.05 Å². The van der Waals surface area contributed by atoms with Gasteiger partial charge < -0.3 is 9.67 Å². The SMILES string of the molecule is Cn1cnnc1SCc1ccc(C#CCO)cc1. The second kappa shape index (κ2) is 6.24. The van der Waals surface area contributed by atoms with Crippen molar-refractivity contribution in [2.75, 3.05) is 6.61 Å². The monoisotopic (exact) mass is 259 g/mol. The molecule has 18 heavy (non-hydrogen) atoms. The second-order valence-electron chi connectivity index (χ2n) is 3.67. The van der Waals surface area contributed by atoms with Crippen molar-refractivity contribution in [2.45, 2.75) is 10.9 Å². The highest BCUT2D eigenvalue weighted by atomic mass is 32.2. The van der Waals surface area contributed by atoms with Crippen molar-refractivity contribution in [3.63, 3.8) is 0 Å². The third-order valence-corrected chi connectivity index (χ3v) is 3.41. The molecule has 92 valence electrons. The Kier molecular flexibility index (Phi) is 4.40. The Balaban J connectivity index is 1.96. The Morgan fingerprint density at radius 1 is 1.33 bits per heavy atom. The van der Waals surface area contributed by atoms with Crippen molar-refractivity contribution < 1.29 is 5.11 Å². The number of aryl methyl sites for hydroxylation is 1. The standard InChI is InChI=1S/C13H13N3OS/c1-16-10-14-15-13(16)18-9-12-6-4-11(5-7-12)3-2-8-17/h4-7,10,17H,8-9H2,1H3. The van der Waals surface area contributed by atoms with E-state index < -0.39 is 0 Å². The fraction of sp³-hybridized carbons (Fsp3) is 0.231. The smallest absolute Gasteiger partial charge is 0.191 e. The Bertz CT molecular complexity index is 566. The molecule has 0 unspecified atom stereocenters. The molecule has 0 aliphatic carbocycles. The van der Waals surface area contributed by atoms with Crippen molar-refractivity contribution in [3.8, 4) is 11.8 Å². The minimum absolute atomic E-state index is 0.107. The van der Waals surface area contributed by atoms with E-state index in [1.807, 2.05) is 35.9 Å². The Morgan fingerprint density at radius 2 is 2.11 bits per heavy atom. The average molecular weight is 259 g/mol. The highest BCUT2D eigenvalue weighted by Gasteiger charge is 2.01. The molecule has 0 fully saturated rings. The lowest BCUT2D eigenvalue weighted by Gasteiger charge is -2.01. The van der Waals surface area contributed by atoms with Crippen molar-refractivity contribution >= 4 is 11.8 Å². The molecule has 1 aromatic heterocycles. The number of benzene rings is 1. The normalized spacial score (nSPS) is 9.89. The van der Waals surface area contributed by atoms with Gasteiger partial charge in [0.05, 0.1) is 0 Å². The number of rotatable bonds is 3. The van der Waals surface area contributed by atoms with Gasteiger partial charge in [-0.3, -0.25) is 0 Å². The summed E-state index contributed by atoms with van der Waals surface area (Å²) < 4.78 is 1.89. The Morgan fingerprint density at radius 3 is 2.72 bits per heavy atom. The molecular formula is C13H13N3OS. The molecule has 1 heterocycles. The number of aromatic nitrogens is 3. The van der Waals surface area contributed by atoms with E-state index in [2.05, 4.69) is 22.0 Å². The van der Waals surface area contributed by atoms with Crippen LogP contribution < -0.4 is 0 Å². The van der Waals surface area contributed by atoms with Crippen LogP contribution in [0.5, 0.6) is 0 Å². The van der Waals surface area contributed by atoms with Crippen molar-refractivity contribution in [1.29, 1.82) is 0 Å². The van der Waals surface area contributed by atoms with Gasteiger partial charge >= 0.3 is 0 Å². The summed E-state index contributed by atoms with van der Waals surface area (Å²) in [5.41, 5.74) is 2.12. The van der Waals surface area contributed by atoms with Gasteiger partial charge in [-0.15, -0.1) is 10.2 Å². The number of hydrogen-bond acceptors (Lipinski definition) is 4. The second-order valence-corrected chi connectivity index (χ2v) is 4.61. The maximum Gasteiger partial charge on any atom is 0.191 e. The van der Waals surface area contributed by atoms with Gasteiger partial charge in [0.15, 0.2) is 5.16 Å². The molecule has 0 atom stereocenters. The fourth-order valence-electron chi connectivity index (χ4n) is 1.38. The van der Waals surface area contributed by atoms with Gasteiger partial charge in [-0.25, -0.2) is 0 Å². The predicted molar refractivity (Wildman–Crippen MR) is 71.0 cm³/mol. The summed E-state index contributed by atoms with van der Waals surface area (Å²) >= 11 is 1.64. The van der Waals surface area contributed by atoms with Crippen LogP contribution in [0.3, 0.4) is 0 Å². The first-order chi connectivity index (χ1) is 8.79. The lowest BCUT2D eigenvalue weighted by atomic mass is 10.1. The molecule has 1 aromatic carbocycles. The lowest BCUT2D eigenvalue weighted by molar-refractivity contribution is 0.350. The molecule has 2 rings (SSSR count). The highest BCUT2D eigenvalue weighted by Crippen LogP contribution is 2.19. The molecule has 4 nitrogen and oxygen atoms in total. The van der Waals surface area contributed by atoms with E-state index in [4.69, 9.17) is 5.11 Å². The molecule has 2 aromatic rings. The van der Waals surface area contributed by atoms with Crippen LogP contribution in [-0.2, 0) is 12.8 Å². The summed E-state index contributed by atoms with van der Waals surface area (Å²) in [4.78, 5) is 0. The fourth-order valence-corrected chi connectivity index (χ4v) is 2.22. The van der Waals surface area contributed by atoms with E-state index in [0.717, 1.165) is 16.5 Å². The quantitative estimate of drug-likeness (QED) is 0.669. The van der Waals surface area contributed by atoms with Crippen LogP contribution in [0.2, 0.25) is 0 Å². The van der Waals surface area contributed by atoms with Crippen molar-refractivity contribution in [1.82, 2.24) is 14.8 Å². The first-order valence-electron chi connectivity index (χ1n) is 5.45. The molecule has 0 bridgehead atoms. The van der Waals surface area contributed by atoms with Crippen LogP contribution in [0.1, 0.15) is 11.1 Å². The number of aliphatic hydroxyl groups is 1. The summed E-state index contributed by atoms with van der Waals surface area (Å²) in [6.07, 6.45) is 1.69. The number of hydrogen-bond donors (Lipinski definition) is 1. The molecule has 0 aliphatic heterocycles. The van der Waals surface area contributed by atoms with Crippen LogP contribution in [0.4, 0.5) is 0 Å². The topological polar surface area (TPSA) is 50.9 Å². The van der Waals surface area contributed by atoms with Gasteiger partial charge in [0.2, 0.25) is 0 Å². The predicted octanol–water partition coefficient (Wildman–Crippen LogP) is 1.45. The number of thioether (sulfide) groups is 1. The van der Waals surface area contributed by atoms with E-state index in [0.29, 0.717) is 0 Å². The van der Waals surface area contributed by atoms with E-state index in [-0.39, 0.29) is 6.61 Å². The zero-order valence-electron chi connectivity index (χ0n) is 10.00. The van der Waals surface area contributed by atoms with Gasteiger partial charge in [0.1, 0.15) is 12.9 Å². The van der Waals surface area contributed by atoms with Crippen LogP contribution in [-0.4, -0.2) is 26.5 Å². The third kappa shape index (κ3) is 3.36. The Labute approximate surface area is 110 Å². The van der Waals surface area contributed by atoms with Crippen LogP contribution in [0, 0.1) is 11.8 Å². The highest BCUT2D eigenvalue weighted by molar-refractivity contribution is 7.98. The average Bonchev–Trinajstić information content (AvgIpc) is 2.81. The van der Waals surface area contributed by atoms with E-state index in [1.165, 1.54) is 5.56 Å². The van der Waals surface area contributed by atoms with Gasteiger partial charge in [0.25, 0.3) is 0 Å². The lowest BCUT2D eigenvalue weighted by Crippen LogP contribution is -1.89. The van der Waals surface area contributed by atoms with Crippen LogP contribution in [0.25, 0.3) is 0 Å². The molecule has 0 radical (unpaired) electrons. The summed E-state index contributed by atoms with van der Waals surface area (Å²) in [5, 5.41) is 17.4. The Hall–Kier alpha value is -1.77. The summed E-state index contributed by atoms with van der Waals surface area (Å²) in [6.45, 7) is -0.107. The molecule has 5 heteroatoms. The largest absolute Gasteiger partial charge is 0.384 e. The zero-order valence-corrected chi connectivity index (χ0v) is 10.8. The number of nitrogens with zero attached hydrogens (tertiary/aromatic N) is 3. The van der Waals surface area contributed by atoms with E-state index >= 15 is 0 Å². The molecular weight excluding hydrogens is 246 g/mol. The molecule has 0 saturated heterocycles. The first kappa shape index (κ1) is 12.7. The summed E-state index contributed by atoms with van der Waals surface area (Å²) in [5.74, 6) is 6.34. The maximum absolute atomic E-state index is 8.61. The van der Waals surface area contributed by atoms with Crippen LogP contribution in [0.15, 0.2) is 35.7 Å². The zero-order chi connectivity index (χ0) is 12.8. The van der Waals surface area contributed by atoms with Gasteiger partial charge in [-0.05, 0) is 17.7 Å². The van der Waals surface area contributed by atoms with Crippen LogP contribution >= 0.6 is 11.8 Å². The van der Waals surface area contributed by atoms with E-state index in [9.17, 15) is 0 Å². The molecule has 0 amide bonds. The molecule has 0 spiro atoms. The van der Waals surface area contributed by atoms with Gasteiger partial charge in [0, 0.05) is 18.4 Å². The van der Waals surface area contributed by atoms with Gasteiger partial charge in [-0.1, -0.05) is 35.7 Å². The minimum atomic E-state index is -0.107. The summed E-state index contributed by atoms with van der Waals surface area (Å²) in [6, 6.07) is 7.97. The maximum atomic E-state index is 8.61. The van der Waals surface area contributed by atoms with Crippen molar-refractivity contribution in [3.05, 3.63) is 41.7 Å². The molecule has 0 saturated carbocycles. The third-order valence-electron chi connectivity index (χ3n) is 2.30. The molecule has 0 aliphatic rings. The van der Waals surface area contributed by atoms with Gasteiger partial charge in [-0.2, -0.15) is 0 Å².